The highest BCUT2D eigenvalue weighted by Gasteiger charge is 2.06. The molecule has 0 atom stereocenters. The maximum Gasteiger partial charge on any atom is 0.262 e. The van der Waals surface area contributed by atoms with Gasteiger partial charge in [0, 0.05) is 17.6 Å². The van der Waals surface area contributed by atoms with Crippen molar-refractivity contribution in [2.45, 2.75) is 10.1 Å². The van der Waals surface area contributed by atoms with Crippen LogP contribution in [0.5, 0.6) is 5.75 Å². The van der Waals surface area contributed by atoms with Crippen molar-refractivity contribution in [1.29, 1.82) is 0 Å². The molecule has 0 aliphatic rings. The van der Waals surface area contributed by atoms with Crippen molar-refractivity contribution >= 4 is 23.4 Å². The lowest BCUT2D eigenvalue weighted by atomic mass is 10.3. The van der Waals surface area contributed by atoms with Crippen LogP contribution in [-0.2, 0) is 11.8 Å². The summed E-state index contributed by atoms with van der Waals surface area (Å²) in [6.45, 7) is -0.152. The Morgan fingerprint density at radius 1 is 1.20 bits per heavy atom. The molecule has 1 amide bonds. The second-order valence-electron chi connectivity index (χ2n) is 5.14. The van der Waals surface area contributed by atoms with Crippen LogP contribution in [-0.4, -0.2) is 27.3 Å². The number of anilines is 1. The third-order valence-corrected chi connectivity index (χ3v) is 4.26. The van der Waals surface area contributed by atoms with Crippen molar-refractivity contribution in [1.82, 2.24) is 14.8 Å². The summed E-state index contributed by atoms with van der Waals surface area (Å²) >= 11 is 1.48. The number of benzene rings is 2. The van der Waals surface area contributed by atoms with E-state index < -0.39 is 0 Å². The summed E-state index contributed by atoms with van der Waals surface area (Å²) in [6.07, 6.45) is 1.64. The number of nitrogens with one attached hydrogen (secondary N) is 1. The van der Waals surface area contributed by atoms with Crippen molar-refractivity contribution in [3.63, 3.8) is 0 Å². The monoisotopic (exact) mass is 358 g/mol. The van der Waals surface area contributed by atoms with Crippen LogP contribution in [0.25, 0.3) is 0 Å². The number of ether oxygens (including phenoxy) is 1. The van der Waals surface area contributed by atoms with E-state index in [1.165, 1.54) is 36.0 Å². The van der Waals surface area contributed by atoms with Gasteiger partial charge in [-0.25, -0.2) is 4.39 Å². The van der Waals surface area contributed by atoms with Crippen molar-refractivity contribution < 1.29 is 13.9 Å². The molecule has 1 heterocycles. The van der Waals surface area contributed by atoms with Gasteiger partial charge >= 0.3 is 0 Å². The molecule has 0 bridgehead atoms. The first-order valence-electron chi connectivity index (χ1n) is 7.40. The SMILES string of the molecule is Cn1cnnc1Sc1ccc(NC(=O)COc2ccc(F)cc2)cc1. The summed E-state index contributed by atoms with van der Waals surface area (Å²) in [5.74, 6) is -0.207. The third kappa shape index (κ3) is 4.80. The first-order chi connectivity index (χ1) is 12.1. The number of aromatic nitrogens is 3. The van der Waals surface area contributed by atoms with E-state index in [9.17, 15) is 9.18 Å². The van der Waals surface area contributed by atoms with Gasteiger partial charge in [-0.1, -0.05) is 0 Å². The minimum absolute atomic E-state index is 0.152. The molecule has 8 heteroatoms. The Kier molecular flexibility index (Phi) is 5.30. The Labute approximate surface area is 148 Å². The van der Waals surface area contributed by atoms with Crippen LogP contribution in [0, 0.1) is 5.82 Å². The molecule has 0 aliphatic carbocycles. The van der Waals surface area contributed by atoms with Crippen molar-refractivity contribution in [3.05, 3.63) is 60.7 Å². The Morgan fingerprint density at radius 2 is 1.92 bits per heavy atom. The molecular formula is C17H15FN4O2S. The number of hydrogen-bond acceptors (Lipinski definition) is 5. The number of halogens is 1. The molecule has 0 unspecified atom stereocenters. The minimum Gasteiger partial charge on any atom is -0.484 e. The van der Waals surface area contributed by atoms with Crippen molar-refractivity contribution in [3.8, 4) is 5.75 Å². The molecular weight excluding hydrogens is 343 g/mol. The number of amides is 1. The van der Waals surface area contributed by atoms with Crippen LogP contribution in [0.4, 0.5) is 10.1 Å². The van der Waals surface area contributed by atoms with Crippen LogP contribution in [0.15, 0.2) is 64.9 Å². The van der Waals surface area contributed by atoms with Gasteiger partial charge < -0.3 is 14.6 Å². The second kappa shape index (κ2) is 7.80. The first-order valence-corrected chi connectivity index (χ1v) is 8.22. The van der Waals surface area contributed by atoms with E-state index in [0.29, 0.717) is 11.4 Å². The molecule has 0 radical (unpaired) electrons. The summed E-state index contributed by atoms with van der Waals surface area (Å²) in [5, 5.41) is 11.4. The van der Waals surface area contributed by atoms with Crippen LogP contribution in [0.1, 0.15) is 0 Å². The van der Waals surface area contributed by atoms with Crippen LogP contribution >= 0.6 is 11.8 Å². The fraction of sp³-hybridized carbons (Fsp3) is 0.118. The molecule has 128 valence electrons. The van der Waals surface area contributed by atoms with E-state index in [0.717, 1.165) is 10.1 Å². The fourth-order valence-electron chi connectivity index (χ4n) is 1.95. The van der Waals surface area contributed by atoms with E-state index in [1.807, 2.05) is 23.7 Å². The van der Waals surface area contributed by atoms with Gasteiger partial charge in [-0.2, -0.15) is 0 Å². The van der Waals surface area contributed by atoms with Crippen molar-refractivity contribution in [2.24, 2.45) is 7.05 Å². The molecule has 3 aromatic rings. The summed E-state index contributed by atoms with van der Waals surface area (Å²) in [4.78, 5) is 12.9. The summed E-state index contributed by atoms with van der Waals surface area (Å²) in [6, 6.07) is 12.9. The quantitative estimate of drug-likeness (QED) is 0.733. The minimum atomic E-state index is -0.351. The van der Waals surface area contributed by atoms with Gasteiger partial charge in [0.2, 0.25) is 0 Å². The predicted octanol–water partition coefficient (Wildman–Crippen LogP) is 3.12. The molecule has 1 aromatic heterocycles. The second-order valence-corrected chi connectivity index (χ2v) is 6.18. The summed E-state index contributed by atoms with van der Waals surface area (Å²) < 4.78 is 19.9. The standard InChI is InChI=1S/C17H15FN4O2S/c1-22-11-19-21-17(22)25-15-8-4-13(5-9-15)20-16(23)10-24-14-6-2-12(18)3-7-14/h2-9,11H,10H2,1H3,(H,20,23). The normalized spacial score (nSPS) is 10.5. The molecule has 0 saturated carbocycles. The Bertz CT molecular complexity index is 850. The molecule has 6 nitrogen and oxygen atoms in total. The predicted molar refractivity (Wildman–Crippen MR) is 92.1 cm³/mol. The zero-order chi connectivity index (χ0) is 17.6. The summed E-state index contributed by atoms with van der Waals surface area (Å²) in [7, 11) is 1.87. The van der Waals surface area contributed by atoms with Crippen LogP contribution in [0.2, 0.25) is 0 Å². The zero-order valence-corrected chi connectivity index (χ0v) is 14.2. The maximum atomic E-state index is 12.8. The van der Waals surface area contributed by atoms with Crippen LogP contribution < -0.4 is 10.1 Å². The third-order valence-electron chi connectivity index (χ3n) is 3.20. The Hall–Kier alpha value is -2.87. The lowest BCUT2D eigenvalue weighted by Gasteiger charge is -2.08. The average Bonchev–Trinajstić information content (AvgIpc) is 3.01. The van der Waals surface area contributed by atoms with Gasteiger partial charge in [0.25, 0.3) is 5.91 Å². The summed E-state index contributed by atoms with van der Waals surface area (Å²) in [5.41, 5.74) is 0.662. The molecule has 1 N–H and O–H groups in total. The van der Waals surface area contributed by atoms with E-state index in [2.05, 4.69) is 15.5 Å². The number of rotatable bonds is 6. The molecule has 2 aromatic carbocycles. The largest absolute Gasteiger partial charge is 0.484 e. The number of carbonyl (C=O) groups is 1. The molecule has 0 aliphatic heterocycles. The Balaban J connectivity index is 1.51. The number of aryl methyl sites for hydroxylation is 1. The van der Waals surface area contributed by atoms with Gasteiger partial charge in [-0.15, -0.1) is 10.2 Å². The fourth-order valence-corrected chi connectivity index (χ4v) is 2.72. The number of carbonyl (C=O) groups excluding carboxylic acids is 1. The van der Waals surface area contributed by atoms with Crippen LogP contribution in [0.3, 0.4) is 0 Å². The van der Waals surface area contributed by atoms with E-state index in [1.54, 1.807) is 18.5 Å². The number of nitrogens with zero attached hydrogens (tertiary/aromatic N) is 3. The topological polar surface area (TPSA) is 69.0 Å². The molecule has 25 heavy (non-hydrogen) atoms. The highest BCUT2D eigenvalue weighted by atomic mass is 32.2. The van der Waals surface area contributed by atoms with Crippen molar-refractivity contribution in [2.75, 3.05) is 11.9 Å². The Morgan fingerprint density at radius 3 is 2.56 bits per heavy atom. The molecule has 0 fully saturated rings. The maximum absolute atomic E-state index is 12.8. The molecule has 0 saturated heterocycles. The van der Waals surface area contributed by atoms with Gasteiger partial charge in [-0.3, -0.25) is 4.79 Å². The van der Waals surface area contributed by atoms with E-state index in [-0.39, 0.29) is 18.3 Å². The van der Waals surface area contributed by atoms with E-state index >= 15 is 0 Å². The van der Waals surface area contributed by atoms with Gasteiger partial charge in [-0.05, 0) is 60.3 Å². The smallest absolute Gasteiger partial charge is 0.262 e. The lowest BCUT2D eigenvalue weighted by Crippen LogP contribution is -2.20. The number of hydrogen-bond donors (Lipinski definition) is 1. The zero-order valence-electron chi connectivity index (χ0n) is 13.3. The average molecular weight is 358 g/mol. The highest BCUT2D eigenvalue weighted by Crippen LogP contribution is 2.26. The first kappa shape index (κ1) is 17.0. The van der Waals surface area contributed by atoms with Gasteiger partial charge in [0.15, 0.2) is 11.8 Å². The van der Waals surface area contributed by atoms with Gasteiger partial charge in [0.1, 0.15) is 17.9 Å². The molecule has 0 spiro atoms. The molecule has 3 rings (SSSR count). The highest BCUT2D eigenvalue weighted by molar-refractivity contribution is 7.99. The van der Waals surface area contributed by atoms with Gasteiger partial charge in [0.05, 0.1) is 0 Å². The lowest BCUT2D eigenvalue weighted by molar-refractivity contribution is -0.118. The van der Waals surface area contributed by atoms with E-state index in [4.69, 9.17) is 4.74 Å².